The van der Waals surface area contributed by atoms with Gasteiger partial charge in [0.15, 0.2) is 11.6 Å². The summed E-state index contributed by atoms with van der Waals surface area (Å²) in [5.41, 5.74) is -0.0495. The third-order valence-corrected chi connectivity index (χ3v) is 4.03. The maximum absolute atomic E-state index is 13.5. The van der Waals surface area contributed by atoms with Crippen LogP contribution in [0.5, 0.6) is 0 Å². The molecule has 2 nitrogen and oxygen atoms in total. The highest BCUT2D eigenvalue weighted by molar-refractivity contribution is 7.90. The maximum Gasteiger partial charge on any atom is 0.161 e. The van der Waals surface area contributed by atoms with E-state index in [0.717, 1.165) is 6.07 Å². The zero-order valence-corrected chi connectivity index (χ0v) is 11.5. The Kier molecular flexibility index (Phi) is 4.69. The molecule has 2 atom stereocenters. The van der Waals surface area contributed by atoms with Gasteiger partial charge in [0, 0.05) is 23.0 Å². The largest absolute Gasteiger partial charge is 0.598 e. The Morgan fingerprint density at radius 2 is 1.61 bits per heavy atom. The third-order valence-electron chi connectivity index (χ3n) is 2.35. The molecule has 0 saturated heterocycles. The predicted octanol–water partition coefficient (Wildman–Crippen LogP) is 3.22. The zero-order chi connectivity index (χ0) is 14.1. The molecule has 0 saturated carbocycles. The summed E-state index contributed by atoms with van der Waals surface area (Å²) >= 11 is -1.42. The predicted molar refractivity (Wildman–Crippen MR) is 65.8 cm³/mol. The summed E-state index contributed by atoms with van der Waals surface area (Å²) in [6.07, 6.45) is 0. The van der Waals surface area contributed by atoms with Gasteiger partial charge in [-0.25, -0.2) is 13.2 Å². The molecule has 102 valence electrons. The van der Waals surface area contributed by atoms with Crippen LogP contribution >= 0.6 is 0 Å². The Morgan fingerprint density at radius 3 is 2.11 bits per heavy atom. The molecule has 1 N–H and O–H groups in total. The lowest BCUT2D eigenvalue weighted by atomic mass is 10.1. The summed E-state index contributed by atoms with van der Waals surface area (Å²) in [5, 5.41) is 0. The summed E-state index contributed by atoms with van der Waals surface area (Å²) in [6, 6.07) is 0.588. The van der Waals surface area contributed by atoms with Gasteiger partial charge in [0.2, 0.25) is 0 Å². The molecule has 0 fully saturated rings. The lowest BCUT2D eigenvalue weighted by Gasteiger charge is -2.26. The van der Waals surface area contributed by atoms with Crippen molar-refractivity contribution in [2.45, 2.75) is 38.5 Å². The molecule has 0 aliphatic heterocycles. The topological polar surface area (TPSA) is 35.1 Å². The van der Waals surface area contributed by atoms with Crippen molar-refractivity contribution in [3.63, 3.8) is 0 Å². The Hall–Kier alpha value is -0.720. The van der Waals surface area contributed by atoms with Gasteiger partial charge in [-0.3, -0.25) is 0 Å². The fourth-order valence-corrected chi connectivity index (χ4v) is 2.07. The van der Waals surface area contributed by atoms with Crippen molar-refractivity contribution in [2.75, 3.05) is 0 Å². The van der Waals surface area contributed by atoms with Crippen LogP contribution in [0.1, 0.15) is 39.3 Å². The van der Waals surface area contributed by atoms with Crippen molar-refractivity contribution in [1.82, 2.24) is 4.72 Å². The smallest absolute Gasteiger partial charge is 0.161 e. The summed E-state index contributed by atoms with van der Waals surface area (Å²) < 4.78 is 53.3. The molecule has 0 amide bonds. The monoisotopic (exact) mass is 279 g/mol. The van der Waals surface area contributed by atoms with E-state index >= 15 is 0 Å². The fourth-order valence-electron chi connectivity index (χ4n) is 1.27. The molecule has 0 heterocycles. The number of hydrogen-bond acceptors (Lipinski definition) is 2. The molecule has 1 aromatic carbocycles. The highest BCUT2D eigenvalue weighted by Gasteiger charge is 2.29. The summed E-state index contributed by atoms with van der Waals surface area (Å²) in [7, 11) is 0. The SMILES string of the molecule is CC(N[S+]([O-])C(C)(C)C)c1cc(F)c(F)cc1F. The van der Waals surface area contributed by atoms with Crippen LogP contribution in [-0.4, -0.2) is 9.30 Å². The summed E-state index contributed by atoms with van der Waals surface area (Å²) in [4.78, 5) is 0. The molecule has 1 rings (SSSR count). The van der Waals surface area contributed by atoms with Crippen LogP contribution in [0.25, 0.3) is 0 Å². The lowest BCUT2D eigenvalue weighted by Crippen LogP contribution is -2.40. The third kappa shape index (κ3) is 3.63. The van der Waals surface area contributed by atoms with E-state index in [1.807, 2.05) is 0 Å². The van der Waals surface area contributed by atoms with Crippen molar-refractivity contribution >= 4 is 11.4 Å². The quantitative estimate of drug-likeness (QED) is 0.681. The van der Waals surface area contributed by atoms with E-state index in [0.29, 0.717) is 6.07 Å². The van der Waals surface area contributed by atoms with E-state index in [1.165, 1.54) is 0 Å². The van der Waals surface area contributed by atoms with E-state index in [9.17, 15) is 17.7 Å². The van der Waals surface area contributed by atoms with Crippen LogP contribution in [0.4, 0.5) is 13.2 Å². The van der Waals surface area contributed by atoms with E-state index in [2.05, 4.69) is 4.72 Å². The number of halogens is 3. The molecule has 6 heteroatoms. The molecule has 2 unspecified atom stereocenters. The second kappa shape index (κ2) is 5.50. The first-order valence-electron chi connectivity index (χ1n) is 5.45. The Bertz CT molecular complexity index is 434. The van der Waals surface area contributed by atoms with Gasteiger partial charge in [-0.2, -0.15) is 0 Å². The minimum atomic E-state index is -1.42. The van der Waals surface area contributed by atoms with Crippen molar-refractivity contribution in [3.05, 3.63) is 35.1 Å². The van der Waals surface area contributed by atoms with Gasteiger partial charge in [0.1, 0.15) is 10.6 Å². The molecular weight excluding hydrogens is 263 g/mol. The molecule has 0 aliphatic carbocycles. The molecule has 0 aromatic heterocycles. The second-order valence-electron chi connectivity index (χ2n) is 5.01. The highest BCUT2D eigenvalue weighted by Crippen LogP contribution is 2.23. The second-order valence-corrected chi connectivity index (χ2v) is 7.01. The van der Waals surface area contributed by atoms with Crippen molar-refractivity contribution in [2.24, 2.45) is 0 Å². The van der Waals surface area contributed by atoms with Crippen molar-refractivity contribution in [3.8, 4) is 0 Å². The van der Waals surface area contributed by atoms with Crippen LogP contribution in [0, 0.1) is 17.5 Å². The molecule has 1 aromatic rings. The average molecular weight is 279 g/mol. The van der Waals surface area contributed by atoms with E-state index in [1.54, 1.807) is 27.7 Å². The minimum Gasteiger partial charge on any atom is -0.598 e. The molecule has 0 spiro atoms. The lowest BCUT2D eigenvalue weighted by molar-refractivity contribution is 0.480. The molecular formula is C12H16F3NOS. The number of hydrogen-bond donors (Lipinski definition) is 1. The molecule has 0 aliphatic rings. The van der Waals surface area contributed by atoms with Crippen LogP contribution in [-0.2, 0) is 11.4 Å². The summed E-state index contributed by atoms with van der Waals surface area (Å²) in [6.45, 7) is 6.80. The first-order chi connectivity index (χ1) is 8.12. The van der Waals surface area contributed by atoms with Crippen LogP contribution in [0.15, 0.2) is 12.1 Å². The van der Waals surface area contributed by atoms with Crippen LogP contribution in [0.3, 0.4) is 0 Å². The van der Waals surface area contributed by atoms with Crippen molar-refractivity contribution in [1.29, 1.82) is 0 Å². The average Bonchev–Trinajstić information content (AvgIpc) is 2.21. The van der Waals surface area contributed by atoms with E-state index < -0.39 is 39.6 Å². The minimum absolute atomic E-state index is 0.0495. The highest BCUT2D eigenvalue weighted by atomic mass is 32.2. The van der Waals surface area contributed by atoms with Crippen LogP contribution < -0.4 is 4.72 Å². The number of benzene rings is 1. The molecule has 0 radical (unpaired) electrons. The van der Waals surface area contributed by atoms with Gasteiger partial charge in [-0.1, -0.05) is 0 Å². The van der Waals surface area contributed by atoms with Gasteiger partial charge < -0.3 is 4.55 Å². The van der Waals surface area contributed by atoms with E-state index in [-0.39, 0.29) is 5.56 Å². The van der Waals surface area contributed by atoms with Crippen LogP contribution in [0.2, 0.25) is 0 Å². The number of rotatable bonds is 3. The van der Waals surface area contributed by atoms with E-state index in [4.69, 9.17) is 0 Å². The van der Waals surface area contributed by atoms with Crippen molar-refractivity contribution < 1.29 is 17.7 Å². The Labute approximate surface area is 108 Å². The number of nitrogens with one attached hydrogen (secondary N) is 1. The first kappa shape index (κ1) is 15.3. The zero-order valence-electron chi connectivity index (χ0n) is 10.7. The Morgan fingerprint density at radius 1 is 1.11 bits per heavy atom. The maximum atomic E-state index is 13.5. The normalized spacial score (nSPS) is 15.6. The van der Waals surface area contributed by atoms with Gasteiger partial charge in [-0.15, -0.1) is 4.72 Å². The van der Waals surface area contributed by atoms with Gasteiger partial charge in [-0.05, 0) is 33.8 Å². The molecule has 0 bridgehead atoms. The summed E-state index contributed by atoms with van der Waals surface area (Å²) in [5.74, 6) is -3.22. The molecule has 18 heavy (non-hydrogen) atoms. The van der Waals surface area contributed by atoms with Gasteiger partial charge in [0.05, 0.1) is 6.04 Å². The standard InChI is InChI=1S/C12H16F3NOS/c1-7(16-18(17)12(2,3)4)8-5-10(14)11(15)6-9(8)13/h5-7,16H,1-4H3. The Balaban J connectivity index is 2.91. The van der Waals surface area contributed by atoms with Gasteiger partial charge in [0.25, 0.3) is 0 Å². The van der Waals surface area contributed by atoms with Gasteiger partial charge >= 0.3 is 0 Å². The fraction of sp³-hybridized carbons (Fsp3) is 0.500. The first-order valence-corrected chi connectivity index (χ1v) is 6.60.